The first-order chi connectivity index (χ1) is 7.63. The number of hydrogen-bond acceptors (Lipinski definition) is 3. The van der Waals surface area contributed by atoms with Crippen LogP contribution >= 0.6 is 0 Å². The molecular weight excluding hydrogens is 200 g/mol. The highest BCUT2D eigenvalue weighted by molar-refractivity contribution is 5.02. The van der Waals surface area contributed by atoms with Gasteiger partial charge in [0.25, 0.3) is 0 Å². The smallest absolute Gasteiger partial charge is 0.0534 e. The van der Waals surface area contributed by atoms with Crippen molar-refractivity contribution in [3.63, 3.8) is 0 Å². The predicted octanol–water partition coefficient (Wildman–Crippen LogP) is 1.24. The summed E-state index contributed by atoms with van der Waals surface area (Å²) < 4.78 is 1.84. The minimum Gasteiger partial charge on any atom is -0.311 e. The Kier molecular flexibility index (Phi) is 5.49. The maximum atomic E-state index is 4.14. The van der Waals surface area contributed by atoms with E-state index in [2.05, 4.69) is 36.2 Å². The number of likely N-dealkylation sites (N-methyl/N-ethyl adjacent to an activating group) is 1. The molecule has 0 bridgehead atoms. The fraction of sp³-hybridized carbons (Fsp3) is 0.750. The highest BCUT2D eigenvalue weighted by Crippen LogP contribution is 1.99. The van der Waals surface area contributed by atoms with Crippen LogP contribution < -0.4 is 5.32 Å². The average molecular weight is 224 g/mol. The molecule has 0 fully saturated rings. The zero-order chi connectivity index (χ0) is 12.0. The highest BCUT2D eigenvalue weighted by atomic mass is 15.2. The van der Waals surface area contributed by atoms with Gasteiger partial charge < -0.3 is 10.2 Å². The molecule has 0 spiro atoms. The van der Waals surface area contributed by atoms with Gasteiger partial charge in [0.15, 0.2) is 0 Å². The molecule has 0 aliphatic rings. The van der Waals surface area contributed by atoms with Crippen molar-refractivity contribution in [2.75, 3.05) is 20.1 Å². The first-order valence-electron chi connectivity index (χ1n) is 6.02. The first kappa shape index (κ1) is 13.2. The lowest BCUT2D eigenvalue weighted by atomic mass is 10.2. The molecule has 1 N–H and O–H groups in total. The largest absolute Gasteiger partial charge is 0.311 e. The van der Waals surface area contributed by atoms with Crippen molar-refractivity contribution in [2.24, 2.45) is 7.05 Å². The van der Waals surface area contributed by atoms with Crippen LogP contribution in [-0.4, -0.2) is 40.9 Å². The van der Waals surface area contributed by atoms with E-state index in [1.54, 1.807) is 0 Å². The van der Waals surface area contributed by atoms with Gasteiger partial charge in [-0.25, -0.2) is 0 Å². The monoisotopic (exact) mass is 224 g/mol. The van der Waals surface area contributed by atoms with Crippen LogP contribution in [0.4, 0.5) is 0 Å². The van der Waals surface area contributed by atoms with Crippen molar-refractivity contribution >= 4 is 0 Å². The van der Waals surface area contributed by atoms with Crippen molar-refractivity contribution in [1.29, 1.82) is 0 Å². The summed E-state index contributed by atoms with van der Waals surface area (Å²) in [6.45, 7) is 7.51. The molecule has 1 atom stereocenters. The maximum Gasteiger partial charge on any atom is 0.0534 e. The Morgan fingerprint density at radius 3 is 2.88 bits per heavy atom. The van der Waals surface area contributed by atoms with Crippen LogP contribution in [0.2, 0.25) is 0 Å². The molecule has 92 valence electrons. The third-order valence-corrected chi connectivity index (χ3v) is 3.07. The van der Waals surface area contributed by atoms with Gasteiger partial charge in [-0.15, -0.1) is 0 Å². The van der Waals surface area contributed by atoms with Crippen LogP contribution in [0.3, 0.4) is 0 Å². The van der Waals surface area contributed by atoms with E-state index in [4.69, 9.17) is 0 Å². The van der Waals surface area contributed by atoms with E-state index in [0.717, 1.165) is 19.6 Å². The third kappa shape index (κ3) is 4.33. The van der Waals surface area contributed by atoms with E-state index in [9.17, 15) is 0 Å². The fourth-order valence-corrected chi connectivity index (χ4v) is 1.58. The summed E-state index contributed by atoms with van der Waals surface area (Å²) in [6.07, 6.45) is 5.16. The summed E-state index contributed by atoms with van der Waals surface area (Å²) in [5, 5.41) is 7.57. The van der Waals surface area contributed by atoms with Gasteiger partial charge >= 0.3 is 0 Å². The fourth-order valence-electron chi connectivity index (χ4n) is 1.58. The van der Waals surface area contributed by atoms with Crippen LogP contribution in [-0.2, 0) is 13.6 Å². The lowest BCUT2D eigenvalue weighted by Gasteiger charge is -2.23. The second-order valence-electron chi connectivity index (χ2n) is 4.44. The van der Waals surface area contributed by atoms with Crippen molar-refractivity contribution < 1.29 is 0 Å². The molecule has 1 heterocycles. The number of aryl methyl sites for hydroxylation is 1. The van der Waals surface area contributed by atoms with Gasteiger partial charge in [-0.1, -0.05) is 6.92 Å². The van der Waals surface area contributed by atoms with E-state index in [1.807, 2.05) is 24.1 Å². The summed E-state index contributed by atoms with van der Waals surface area (Å²) in [5.41, 5.74) is 1.24. The second kappa shape index (κ2) is 6.66. The van der Waals surface area contributed by atoms with Crippen LogP contribution in [0, 0.1) is 0 Å². The van der Waals surface area contributed by atoms with Gasteiger partial charge in [0.05, 0.1) is 6.20 Å². The Bertz CT molecular complexity index is 295. The Balaban J connectivity index is 2.12. The van der Waals surface area contributed by atoms with E-state index < -0.39 is 0 Å². The molecule has 1 aromatic heterocycles. The molecule has 0 saturated carbocycles. The molecule has 1 unspecified atom stereocenters. The van der Waals surface area contributed by atoms with E-state index in [-0.39, 0.29) is 0 Å². The van der Waals surface area contributed by atoms with Gasteiger partial charge in [-0.05, 0) is 20.4 Å². The Morgan fingerprint density at radius 2 is 2.31 bits per heavy atom. The van der Waals surface area contributed by atoms with Crippen LogP contribution in [0.15, 0.2) is 12.4 Å². The summed E-state index contributed by atoms with van der Waals surface area (Å²) in [7, 11) is 4.13. The SMILES string of the molecule is CCC(C)N(C)CCNCc1cnn(C)c1. The molecule has 1 rings (SSSR count). The maximum absolute atomic E-state index is 4.14. The lowest BCUT2D eigenvalue weighted by molar-refractivity contribution is 0.251. The van der Waals surface area contributed by atoms with Gasteiger partial charge in [-0.2, -0.15) is 5.10 Å². The molecule has 0 aromatic carbocycles. The summed E-state index contributed by atoms with van der Waals surface area (Å²) in [5.74, 6) is 0. The molecular formula is C12H24N4. The summed E-state index contributed by atoms with van der Waals surface area (Å²) >= 11 is 0. The van der Waals surface area contributed by atoms with Crippen molar-refractivity contribution in [3.05, 3.63) is 18.0 Å². The van der Waals surface area contributed by atoms with Crippen LogP contribution in [0.25, 0.3) is 0 Å². The van der Waals surface area contributed by atoms with Crippen LogP contribution in [0.1, 0.15) is 25.8 Å². The third-order valence-electron chi connectivity index (χ3n) is 3.07. The van der Waals surface area contributed by atoms with Crippen molar-refractivity contribution in [3.8, 4) is 0 Å². The molecule has 4 nitrogen and oxygen atoms in total. The molecule has 4 heteroatoms. The highest BCUT2D eigenvalue weighted by Gasteiger charge is 2.05. The van der Waals surface area contributed by atoms with E-state index in [1.165, 1.54) is 12.0 Å². The van der Waals surface area contributed by atoms with Gasteiger partial charge in [-0.3, -0.25) is 4.68 Å². The minimum atomic E-state index is 0.667. The number of hydrogen-bond donors (Lipinski definition) is 1. The van der Waals surface area contributed by atoms with Crippen molar-refractivity contribution in [2.45, 2.75) is 32.9 Å². The number of nitrogens with zero attached hydrogens (tertiary/aromatic N) is 3. The molecule has 1 aromatic rings. The number of aromatic nitrogens is 2. The number of nitrogens with one attached hydrogen (secondary N) is 1. The second-order valence-corrected chi connectivity index (χ2v) is 4.44. The quantitative estimate of drug-likeness (QED) is 0.707. The van der Waals surface area contributed by atoms with E-state index in [0.29, 0.717) is 6.04 Å². The normalized spacial score (nSPS) is 13.3. The van der Waals surface area contributed by atoms with Gasteiger partial charge in [0.2, 0.25) is 0 Å². The molecule has 0 saturated heterocycles. The van der Waals surface area contributed by atoms with Gasteiger partial charge in [0, 0.05) is 44.5 Å². The summed E-state index contributed by atoms with van der Waals surface area (Å²) in [4.78, 5) is 2.39. The first-order valence-corrected chi connectivity index (χ1v) is 6.02. The molecule has 0 radical (unpaired) electrons. The zero-order valence-electron chi connectivity index (χ0n) is 10.9. The standard InChI is InChI=1S/C12H24N4/c1-5-11(2)15(3)7-6-13-8-12-9-14-16(4)10-12/h9-11,13H,5-8H2,1-4H3. The van der Waals surface area contributed by atoms with Crippen molar-refractivity contribution in [1.82, 2.24) is 20.0 Å². The predicted molar refractivity (Wildman–Crippen MR) is 67.3 cm³/mol. The van der Waals surface area contributed by atoms with E-state index >= 15 is 0 Å². The molecule has 0 amide bonds. The zero-order valence-corrected chi connectivity index (χ0v) is 10.9. The topological polar surface area (TPSA) is 33.1 Å². The van der Waals surface area contributed by atoms with Crippen LogP contribution in [0.5, 0.6) is 0 Å². The Morgan fingerprint density at radius 1 is 1.56 bits per heavy atom. The summed E-state index contributed by atoms with van der Waals surface area (Å²) in [6, 6.07) is 0.667. The molecule has 16 heavy (non-hydrogen) atoms. The number of rotatable bonds is 7. The lowest BCUT2D eigenvalue weighted by Crippen LogP contribution is -2.34. The molecule has 0 aliphatic heterocycles. The minimum absolute atomic E-state index is 0.667. The Labute approximate surface area is 98.6 Å². The Hall–Kier alpha value is -0.870. The van der Waals surface area contributed by atoms with Gasteiger partial charge in [0.1, 0.15) is 0 Å². The average Bonchev–Trinajstić information content (AvgIpc) is 2.69. The molecule has 0 aliphatic carbocycles.